The van der Waals surface area contributed by atoms with Crippen LogP contribution in [0.2, 0.25) is 0 Å². The van der Waals surface area contributed by atoms with Crippen LogP contribution in [0.5, 0.6) is 5.75 Å². The molecule has 3 heterocycles. The van der Waals surface area contributed by atoms with Crippen molar-refractivity contribution in [1.29, 1.82) is 0 Å². The summed E-state index contributed by atoms with van der Waals surface area (Å²) in [4.78, 5) is 82.1. The maximum Gasteiger partial charge on any atom is 0.437 e. The third-order valence-corrected chi connectivity index (χ3v) is 8.33. The van der Waals surface area contributed by atoms with Crippen molar-refractivity contribution in [3.63, 3.8) is 0 Å². The average Bonchev–Trinajstić information content (AvgIpc) is 3.54. The molecule has 2 saturated heterocycles. The second kappa shape index (κ2) is 16.4. The lowest BCUT2D eigenvalue weighted by atomic mass is 9.86. The molecule has 316 valence electrons. The first-order chi connectivity index (χ1) is 26.1. The van der Waals surface area contributed by atoms with Gasteiger partial charge in [0.15, 0.2) is 5.66 Å². The fourth-order valence-corrected chi connectivity index (χ4v) is 6.62. The van der Waals surface area contributed by atoms with E-state index >= 15 is 0 Å². The highest BCUT2D eigenvalue weighted by molar-refractivity contribution is 6.07. The predicted molar refractivity (Wildman–Crippen MR) is 206 cm³/mol. The number of hydrogen-bond acceptors (Lipinski definition) is 13. The minimum Gasteiger partial charge on any atom is -0.497 e. The zero-order valence-electron chi connectivity index (χ0n) is 35.5. The molecule has 57 heavy (non-hydrogen) atoms. The van der Waals surface area contributed by atoms with Gasteiger partial charge in [0.2, 0.25) is 11.9 Å². The number of hydrogen-bond donors (Lipinski definition) is 1. The quantitative estimate of drug-likeness (QED) is 0.262. The Morgan fingerprint density at radius 2 is 1.39 bits per heavy atom. The largest absolute Gasteiger partial charge is 0.497 e. The normalized spacial score (nSPS) is 22.9. The molecule has 1 spiro atoms. The Balaban J connectivity index is 2.04. The van der Waals surface area contributed by atoms with Crippen molar-refractivity contribution in [2.24, 2.45) is 9.98 Å². The van der Waals surface area contributed by atoms with Crippen molar-refractivity contribution < 1.29 is 57.1 Å². The van der Waals surface area contributed by atoms with Crippen LogP contribution in [0.3, 0.4) is 0 Å². The van der Waals surface area contributed by atoms with E-state index in [0.717, 1.165) is 15.4 Å². The molecule has 0 bridgehead atoms. The smallest absolute Gasteiger partial charge is 0.437 e. The van der Waals surface area contributed by atoms with Gasteiger partial charge in [0, 0.05) is 19.9 Å². The van der Waals surface area contributed by atoms with Crippen LogP contribution in [0.4, 0.5) is 19.2 Å². The van der Waals surface area contributed by atoms with E-state index in [0.29, 0.717) is 5.75 Å². The van der Waals surface area contributed by atoms with Gasteiger partial charge in [-0.1, -0.05) is 12.1 Å². The topological polar surface area (TPSA) is 196 Å². The van der Waals surface area contributed by atoms with Gasteiger partial charge in [0.1, 0.15) is 40.3 Å². The van der Waals surface area contributed by atoms with Crippen molar-refractivity contribution in [3.05, 3.63) is 29.8 Å². The van der Waals surface area contributed by atoms with Gasteiger partial charge in [-0.25, -0.2) is 34.0 Å². The van der Waals surface area contributed by atoms with Crippen LogP contribution in [0.1, 0.15) is 102 Å². The maximum atomic E-state index is 14.6. The van der Waals surface area contributed by atoms with E-state index in [1.165, 1.54) is 11.8 Å². The van der Waals surface area contributed by atoms with Gasteiger partial charge in [0.25, 0.3) is 0 Å². The van der Waals surface area contributed by atoms with Crippen LogP contribution in [0.25, 0.3) is 0 Å². The molecular weight excluding hydrogens is 744 g/mol. The van der Waals surface area contributed by atoms with Gasteiger partial charge in [-0.3, -0.25) is 10.1 Å². The van der Waals surface area contributed by atoms with E-state index in [2.05, 4.69) is 10.3 Å². The summed E-state index contributed by atoms with van der Waals surface area (Å²) in [5.74, 6) is -0.697. The molecule has 0 unspecified atom stereocenters. The Hall–Kier alpha value is -5.13. The Morgan fingerprint density at radius 1 is 0.825 bits per heavy atom. The highest BCUT2D eigenvalue weighted by Gasteiger charge is 2.73. The summed E-state index contributed by atoms with van der Waals surface area (Å²) in [6.07, 6.45) is -5.09. The number of nitrogens with zero attached hydrogens (tertiary/aromatic N) is 5. The predicted octanol–water partition coefficient (Wildman–Crippen LogP) is 5.96. The van der Waals surface area contributed by atoms with E-state index in [-0.39, 0.29) is 38.1 Å². The van der Waals surface area contributed by atoms with Crippen LogP contribution in [0.15, 0.2) is 34.3 Å². The van der Waals surface area contributed by atoms with Gasteiger partial charge >= 0.3 is 30.3 Å². The Kier molecular flexibility index (Phi) is 12.8. The van der Waals surface area contributed by atoms with Crippen molar-refractivity contribution in [2.45, 2.75) is 149 Å². The van der Waals surface area contributed by atoms with Crippen molar-refractivity contribution in [2.75, 3.05) is 20.3 Å². The number of benzene rings is 1. The number of guanidine groups is 2. The van der Waals surface area contributed by atoms with Crippen LogP contribution in [-0.2, 0) is 39.8 Å². The van der Waals surface area contributed by atoms with E-state index < -0.39 is 76.6 Å². The molecule has 1 aromatic rings. The summed E-state index contributed by atoms with van der Waals surface area (Å²) in [6.45, 7) is 20.9. The van der Waals surface area contributed by atoms with E-state index in [1.54, 1.807) is 114 Å². The van der Waals surface area contributed by atoms with Crippen molar-refractivity contribution in [1.82, 2.24) is 20.0 Å². The van der Waals surface area contributed by atoms with Gasteiger partial charge < -0.3 is 38.1 Å². The zero-order chi connectivity index (χ0) is 42.9. The number of carbonyl (C=O) groups excluding carboxylic acids is 5. The summed E-state index contributed by atoms with van der Waals surface area (Å²) in [6, 6.07) is 4.62. The number of nitrogens with one attached hydrogen (secondary N) is 1. The fourth-order valence-electron chi connectivity index (χ4n) is 6.62. The highest BCUT2D eigenvalue weighted by atomic mass is 16.6. The van der Waals surface area contributed by atoms with Crippen molar-refractivity contribution in [3.8, 4) is 5.75 Å². The second-order valence-corrected chi connectivity index (χ2v) is 17.8. The van der Waals surface area contributed by atoms with Crippen LogP contribution < -0.4 is 10.1 Å². The third-order valence-electron chi connectivity index (χ3n) is 8.33. The van der Waals surface area contributed by atoms with E-state index in [1.807, 2.05) is 0 Å². The number of aliphatic imine (C=N–C) groups is 2. The summed E-state index contributed by atoms with van der Waals surface area (Å²) in [5.41, 5.74) is -5.22. The number of alkyl carbamates (subject to hydrolysis) is 1. The number of ether oxygens (including phenoxy) is 7. The lowest BCUT2D eigenvalue weighted by Crippen LogP contribution is -2.80. The molecule has 4 rings (SSSR count). The average molecular weight is 803 g/mol. The molecule has 0 aromatic heterocycles. The molecule has 1 N–H and O–H groups in total. The number of rotatable bonds is 6. The first-order valence-corrected chi connectivity index (χ1v) is 18.8. The van der Waals surface area contributed by atoms with Crippen LogP contribution in [-0.4, -0.2) is 123 Å². The molecule has 0 saturated carbocycles. The lowest BCUT2D eigenvalue weighted by molar-refractivity contribution is -0.159. The molecule has 4 atom stereocenters. The van der Waals surface area contributed by atoms with Crippen molar-refractivity contribution >= 4 is 42.3 Å². The van der Waals surface area contributed by atoms with Gasteiger partial charge in [-0.05, 0) is 101 Å². The molecule has 18 nitrogen and oxygen atoms in total. The summed E-state index contributed by atoms with van der Waals surface area (Å²) < 4.78 is 40.6. The summed E-state index contributed by atoms with van der Waals surface area (Å²) >= 11 is 0. The molecule has 0 aliphatic carbocycles. The minimum atomic E-state index is -1.91. The van der Waals surface area contributed by atoms with Crippen LogP contribution in [0, 0.1) is 0 Å². The molecular formula is C39H58N6O12. The SMILES string of the molecule is COc1ccc(COC[C@H]2[C@@H]3N=C(NC(=O)OC(C)(C)C)N(C(=O)OC(C)(C)C)[C@@]34[C@@H](OC(C)=O)CCN4/C(=N\C(=O)OC(C)(C)C)N2C(=O)OC(C)(C)C)cc1. The lowest BCUT2D eigenvalue weighted by Gasteiger charge is -2.55. The standard InChI is InChI=1S/C39H58N6O12/c1-23(46)53-27-19-20-43-30(42-32(48)55-36(5,6)7)44(33(49)56-37(8,9)10)26(22-52-21-24-15-17-25(51-14)18-16-24)28-39(27,43)45(34(50)57-38(11,12)13)29(40-28)41-31(47)54-35(2,3)4/h15-18,26-28H,19-22H2,1-14H3,(H,40,41,47)/b42-30+/t26-,27-,28-,39-/m0/s1. The third kappa shape index (κ3) is 10.8. The molecule has 18 heteroatoms. The maximum absolute atomic E-state index is 14.6. The number of carbonyl (C=O) groups is 5. The zero-order valence-corrected chi connectivity index (χ0v) is 35.5. The monoisotopic (exact) mass is 802 g/mol. The fraction of sp³-hybridized carbons (Fsp3) is 0.667. The summed E-state index contributed by atoms with van der Waals surface area (Å²) in [5, 5.41) is 2.60. The van der Waals surface area contributed by atoms with E-state index in [4.69, 9.17) is 38.2 Å². The second-order valence-electron chi connectivity index (χ2n) is 17.8. The van der Waals surface area contributed by atoms with Gasteiger partial charge in [0.05, 0.1) is 26.4 Å². The summed E-state index contributed by atoms with van der Waals surface area (Å²) in [7, 11) is 1.55. The Morgan fingerprint density at radius 3 is 1.91 bits per heavy atom. The van der Waals surface area contributed by atoms with Crippen LogP contribution >= 0.6 is 0 Å². The molecule has 4 amide bonds. The van der Waals surface area contributed by atoms with E-state index in [9.17, 15) is 24.0 Å². The molecule has 3 aliphatic rings. The van der Waals surface area contributed by atoms with Gasteiger partial charge in [-0.15, -0.1) is 4.99 Å². The first kappa shape index (κ1) is 44.6. The molecule has 1 aromatic carbocycles. The minimum absolute atomic E-state index is 0.0384. The molecule has 2 fully saturated rings. The Labute approximate surface area is 334 Å². The molecule has 0 radical (unpaired) electrons. The highest BCUT2D eigenvalue weighted by Crippen LogP contribution is 2.49. The number of esters is 1. The number of amides is 4. The molecule has 3 aliphatic heterocycles. The number of methoxy groups -OCH3 is 1. The van der Waals surface area contributed by atoms with Gasteiger partial charge in [-0.2, -0.15) is 0 Å². The Bertz CT molecular complexity index is 1750. The first-order valence-electron chi connectivity index (χ1n) is 18.8.